The van der Waals surface area contributed by atoms with Crippen molar-refractivity contribution in [2.24, 2.45) is 0 Å². The molecule has 1 saturated heterocycles. The van der Waals surface area contributed by atoms with Gasteiger partial charge in [-0.3, -0.25) is 13.9 Å². The summed E-state index contributed by atoms with van der Waals surface area (Å²) in [6.07, 6.45) is 0.883. The van der Waals surface area contributed by atoms with Crippen molar-refractivity contribution in [3.8, 4) is 0 Å². The van der Waals surface area contributed by atoms with Crippen LogP contribution >= 0.6 is 0 Å². The fourth-order valence-corrected chi connectivity index (χ4v) is 3.46. The summed E-state index contributed by atoms with van der Waals surface area (Å²) < 4.78 is 3.39. The van der Waals surface area contributed by atoms with E-state index in [1.165, 1.54) is 0 Å². The van der Waals surface area contributed by atoms with Gasteiger partial charge in [-0.1, -0.05) is 19.1 Å². The van der Waals surface area contributed by atoms with E-state index in [-0.39, 0.29) is 30.2 Å². The summed E-state index contributed by atoms with van der Waals surface area (Å²) in [4.78, 5) is 27.5. The number of hydrogen-bond donors (Lipinski definition) is 1. The minimum atomic E-state index is -0.0952. The summed E-state index contributed by atoms with van der Waals surface area (Å²) in [5.41, 5.74) is 1.64. The molecule has 0 radical (unpaired) electrons. The lowest BCUT2D eigenvalue weighted by Gasteiger charge is -2.37. The van der Waals surface area contributed by atoms with Crippen LogP contribution in [0.5, 0.6) is 0 Å². The average molecular weight is 330 g/mol. The number of para-hydroxylation sites is 2. The van der Waals surface area contributed by atoms with Gasteiger partial charge >= 0.3 is 5.69 Å². The van der Waals surface area contributed by atoms with Crippen molar-refractivity contribution < 1.29 is 4.79 Å². The number of fused-ring (bicyclic) bond motifs is 1. The second-order valence-corrected chi connectivity index (χ2v) is 6.71. The van der Waals surface area contributed by atoms with Crippen molar-refractivity contribution >= 4 is 16.9 Å². The topological polar surface area (TPSA) is 59.3 Å². The van der Waals surface area contributed by atoms with Gasteiger partial charge in [0.2, 0.25) is 5.91 Å². The number of piperazine rings is 1. The molecular weight excluding hydrogens is 304 g/mol. The van der Waals surface area contributed by atoms with Crippen molar-refractivity contribution in [3.63, 3.8) is 0 Å². The van der Waals surface area contributed by atoms with Gasteiger partial charge in [-0.15, -0.1) is 0 Å². The summed E-state index contributed by atoms with van der Waals surface area (Å²) in [5, 5.41) is 3.38. The van der Waals surface area contributed by atoms with Crippen molar-refractivity contribution in [3.05, 3.63) is 34.7 Å². The van der Waals surface area contributed by atoms with Crippen LogP contribution in [-0.2, 0) is 17.9 Å². The Balaban J connectivity index is 1.94. The second kappa shape index (κ2) is 6.81. The minimum absolute atomic E-state index is 0.0114. The fourth-order valence-electron chi connectivity index (χ4n) is 3.46. The van der Waals surface area contributed by atoms with Gasteiger partial charge in [-0.25, -0.2) is 4.79 Å². The molecule has 6 nitrogen and oxygen atoms in total. The van der Waals surface area contributed by atoms with E-state index in [0.29, 0.717) is 13.1 Å². The molecule has 0 aliphatic carbocycles. The molecule has 2 heterocycles. The first-order valence-electron chi connectivity index (χ1n) is 8.73. The Morgan fingerprint density at radius 2 is 1.88 bits per heavy atom. The number of carbonyl (C=O) groups excluding carboxylic acids is 1. The number of imidazole rings is 1. The minimum Gasteiger partial charge on any atom is -0.336 e. The monoisotopic (exact) mass is 330 g/mol. The van der Waals surface area contributed by atoms with Crippen LogP contribution in [0.15, 0.2) is 29.1 Å². The van der Waals surface area contributed by atoms with Gasteiger partial charge in [0.05, 0.1) is 11.0 Å². The summed E-state index contributed by atoms with van der Waals surface area (Å²) in [7, 11) is 0. The smallest absolute Gasteiger partial charge is 0.329 e. The Morgan fingerprint density at radius 3 is 2.54 bits per heavy atom. The van der Waals surface area contributed by atoms with Gasteiger partial charge in [-0.2, -0.15) is 0 Å². The number of nitrogens with zero attached hydrogens (tertiary/aromatic N) is 3. The largest absolute Gasteiger partial charge is 0.336 e. The molecule has 6 heteroatoms. The predicted molar refractivity (Wildman–Crippen MR) is 95.1 cm³/mol. The Labute approximate surface area is 142 Å². The zero-order valence-electron chi connectivity index (χ0n) is 14.7. The number of benzene rings is 1. The molecule has 0 spiro atoms. The third kappa shape index (κ3) is 2.98. The summed E-state index contributed by atoms with van der Waals surface area (Å²) in [6.45, 7) is 8.41. The molecule has 130 valence electrons. The van der Waals surface area contributed by atoms with E-state index in [2.05, 4.69) is 12.2 Å². The lowest BCUT2D eigenvalue weighted by Crippen LogP contribution is -2.57. The predicted octanol–water partition coefficient (Wildman–Crippen LogP) is 1.42. The molecule has 2 aromatic rings. The number of aryl methyl sites for hydroxylation is 1. The standard InChI is InChI=1S/C18H26N4O2/c1-4-9-20-15-7-5-6-8-16(15)22(18(20)24)12-17(23)21-11-13(2)19-10-14(21)3/h5-8,13-14,19H,4,9-12H2,1-3H3. The molecule has 24 heavy (non-hydrogen) atoms. The second-order valence-electron chi connectivity index (χ2n) is 6.71. The van der Waals surface area contributed by atoms with Gasteiger partial charge in [0.25, 0.3) is 0 Å². The van der Waals surface area contributed by atoms with Gasteiger partial charge < -0.3 is 10.2 Å². The lowest BCUT2D eigenvalue weighted by molar-refractivity contribution is -0.135. The SMILES string of the molecule is CCCn1c(=O)n(CC(=O)N2CC(C)NCC2C)c2ccccc21. The molecule has 1 aliphatic rings. The van der Waals surface area contributed by atoms with E-state index in [0.717, 1.165) is 24.0 Å². The van der Waals surface area contributed by atoms with E-state index < -0.39 is 0 Å². The zero-order valence-corrected chi connectivity index (χ0v) is 14.7. The molecular formula is C18H26N4O2. The molecule has 1 aromatic heterocycles. The summed E-state index contributed by atoms with van der Waals surface area (Å²) >= 11 is 0. The Bertz CT molecular complexity index is 792. The van der Waals surface area contributed by atoms with E-state index in [1.54, 1.807) is 9.13 Å². The number of nitrogens with one attached hydrogen (secondary N) is 1. The number of aromatic nitrogens is 2. The molecule has 2 atom stereocenters. The molecule has 0 saturated carbocycles. The Kier molecular flexibility index (Phi) is 4.76. The molecule has 3 rings (SSSR count). The molecule has 1 amide bonds. The highest BCUT2D eigenvalue weighted by Crippen LogP contribution is 2.14. The highest BCUT2D eigenvalue weighted by molar-refractivity contribution is 5.81. The van der Waals surface area contributed by atoms with Gasteiger partial charge in [-0.05, 0) is 32.4 Å². The normalized spacial score (nSPS) is 21.4. The molecule has 1 N–H and O–H groups in total. The molecule has 1 aromatic carbocycles. The number of hydrogen-bond acceptors (Lipinski definition) is 3. The van der Waals surface area contributed by atoms with E-state index >= 15 is 0 Å². The quantitative estimate of drug-likeness (QED) is 0.922. The van der Waals surface area contributed by atoms with Crippen molar-refractivity contribution in [2.75, 3.05) is 13.1 Å². The first-order valence-corrected chi connectivity index (χ1v) is 8.73. The lowest BCUT2D eigenvalue weighted by atomic mass is 10.1. The van der Waals surface area contributed by atoms with Gasteiger partial charge in [0.1, 0.15) is 6.54 Å². The summed E-state index contributed by atoms with van der Waals surface area (Å²) in [5.74, 6) is 0.0114. The van der Waals surface area contributed by atoms with Crippen LogP contribution in [0.4, 0.5) is 0 Å². The number of rotatable bonds is 4. The first kappa shape index (κ1) is 16.8. The van der Waals surface area contributed by atoms with Crippen molar-refractivity contribution in [1.82, 2.24) is 19.4 Å². The highest BCUT2D eigenvalue weighted by atomic mass is 16.2. The number of carbonyl (C=O) groups is 1. The maximum Gasteiger partial charge on any atom is 0.329 e. The third-order valence-corrected chi connectivity index (χ3v) is 4.75. The summed E-state index contributed by atoms with van der Waals surface area (Å²) in [6, 6.07) is 8.13. The van der Waals surface area contributed by atoms with Crippen LogP contribution in [0.2, 0.25) is 0 Å². The maximum atomic E-state index is 12.8. The van der Waals surface area contributed by atoms with Crippen molar-refractivity contribution in [2.45, 2.75) is 52.4 Å². The Morgan fingerprint density at radius 1 is 1.21 bits per heavy atom. The average Bonchev–Trinajstić information content (AvgIpc) is 2.83. The van der Waals surface area contributed by atoms with Crippen LogP contribution in [0.25, 0.3) is 11.0 Å². The van der Waals surface area contributed by atoms with E-state index in [9.17, 15) is 9.59 Å². The van der Waals surface area contributed by atoms with Gasteiger partial charge in [0, 0.05) is 31.7 Å². The molecule has 0 bridgehead atoms. The highest BCUT2D eigenvalue weighted by Gasteiger charge is 2.27. The van der Waals surface area contributed by atoms with Crippen LogP contribution in [0, 0.1) is 0 Å². The molecule has 2 unspecified atom stereocenters. The van der Waals surface area contributed by atoms with Crippen LogP contribution in [0.3, 0.4) is 0 Å². The first-order chi connectivity index (χ1) is 11.5. The molecule has 1 aliphatic heterocycles. The molecule has 1 fully saturated rings. The van der Waals surface area contributed by atoms with Crippen LogP contribution < -0.4 is 11.0 Å². The van der Waals surface area contributed by atoms with Crippen LogP contribution in [0.1, 0.15) is 27.2 Å². The fraction of sp³-hybridized carbons (Fsp3) is 0.556. The van der Waals surface area contributed by atoms with Gasteiger partial charge in [0.15, 0.2) is 0 Å². The zero-order chi connectivity index (χ0) is 17.3. The Hall–Kier alpha value is -2.08. The maximum absolute atomic E-state index is 12.8. The van der Waals surface area contributed by atoms with E-state index in [1.807, 2.05) is 43.0 Å². The van der Waals surface area contributed by atoms with E-state index in [4.69, 9.17) is 0 Å². The third-order valence-electron chi connectivity index (χ3n) is 4.75. The van der Waals surface area contributed by atoms with Crippen molar-refractivity contribution in [1.29, 1.82) is 0 Å². The van der Waals surface area contributed by atoms with Crippen LogP contribution in [-0.4, -0.2) is 45.1 Å². The number of amides is 1.